The highest BCUT2D eigenvalue weighted by Gasteiger charge is 2.47. The van der Waals surface area contributed by atoms with Crippen molar-refractivity contribution in [3.05, 3.63) is 101 Å². The Morgan fingerprint density at radius 1 is 1.00 bits per heavy atom. The molecule has 1 amide bonds. The van der Waals surface area contributed by atoms with E-state index in [2.05, 4.69) is 11.0 Å². The molecule has 166 valence electrons. The Hall–Kier alpha value is -3.56. The van der Waals surface area contributed by atoms with Crippen LogP contribution in [-0.4, -0.2) is 30.4 Å². The summed E-state index contributed by atoms with van der Waals surface area (Å²) in [5.74, 6) is -1.29. The second-order valence-electron chi connectivity index (χ2n) is 8.86. The van der Waals surface area contributed by atoms with Crippen LogP contribution >= 0.6 is 0 Å². The van der Waals surface area contributed by atoms with Crippen LogP contribution in [-0.2, 0) is 12.0 Å². The van der Waals surface area contributed by atoms with E-state index >= 15 is 0 Å². The highest BCUT2D eigenvalue weighted by Crippen LogP contribution is 2.48. The van der Waals surface area contributed by atoms with Crippen molar-refractivity contribution in [2.75, 3.05) is 24.5 Å². The van der Waals surface area contributed by atoms with Crippen LogP contribution < -0.4 is 4.90 Å². The molecule has 0 aliphatic carbocycles. The number of carbonyl (C=O) groups excluding carboxylic acids is 1. The van der Waals surface area contributed by atoms with Gasteiger partial charge in [-0.1, -0.05) is 30.3 Å². The van der Waals surface area contributed by atoms with E-state index < -0.39 is 11.7 Å². The number of nitrogens with zero attached hydrogens (tertiary/aromatic N) is 3. The number of rotatable bonds is 3. The monoisotopic (exact) mass is 443 g/mol. The zero-order valence-corrected chi connectivity index (χ0v) is 18.1. The van der Waals surface area contributed by atoms with Crippen molar-refractivity contribution in [1.29, 1.82) is 5.26 Å². The Morgan fingerprint density at radius 3 is 2.48 bits per heavy atom. The van der Waals surface area contributed by atoms with Gasteiger partial charge in [0.1, 0.15) is 11.6 Å². The van der Waals surface area contributed by atoms with Crippen molar-refractivity contribution >= 4 is 11.6 Å². The SMILES string of the molecule is N#Cc1ccccc1CN1CCC2(CC1)CN(C(=O)c1ccccc1F)c1ccc(F)cc12. The van der Waals surface area contributed by atoms with Gasteiger partial charge in [0.05, 0.1) is 17.2 Å². The van der Waals surface area contributed by atoms with Gasteiger partial charge >= 0.3 is 0 Å². The molecular formula is C27H23F2N3O. The van der Waals surface area contributed by atoms with Crippen LogP contribution in [0.2, 0.25) is 0 Å². The number of hydrogen-bond acceptors (Lipinski definition) is 3. The third kappa shape index (κ3) is 3.79. The number of anilines is 1. The first kappa shape index (κ1) is 21.3. The molecule has 0 unspecified atom stereocenters. The first-order valence-corrected chi connectivity index (χ1v) is 11.1. The fourth-order valence-corrected chi connectivity index (χ4v) is 5.18. The second kappa shape index (κ2) is 8.42. The molecule has 2 heterocycles. The van der Waals surface area contributed by atoms with Gasteiger partial charge in [-0.15, -0.1) is 0 Å². The molecule has 2 aliphatic rings. The summed E-state index contributed by atoms with van der Waals surface area (Å²) in [6, 6.07) is 20.3. The van der Waals surface area contributed by atoms with Crippen LogP contribution in [0.1, 0.15) is 39.9 Å². The van der Waals surface area contributed by atoms with Crippen molar-refractivity contribution in [2.45, 2.75) is 24.8 Å². The summed E-state index contributed by atoms with van der Waals surface area (Å²) in [5, 5.41) is 9.38. The van der Waals surface area contributed by atoms with Crippen molar-refractivity contribution in [3.8, 4) is 6.07 Å². The van der Waals surface area contributed by atoms with Crippen LogP contribution in [0.3, 0.4) is 0 Å². The Bertz CT molecular complexity index is 1260. The zero-order valence-electron chi connectivity index (χ0n) is 18.1. The summed E-state index contributed by atoms with van der Waals surface area (Å²) in [6.07, 6.45) is 1.50. The predicted molar refractivity (Wildman–Crippen MR) is 122 cm³/mol. The van der Waals surface area contributed by atoms with Crippen molar-refractivity contribution in [3.63, 3.8) is 0 Å². The average molecular weight is 443 g/mol. The lowest BCUT2D eigenvalue weighted by Gasteiger charge is -2.40. The van der Waals surface area contributed by atoms with E-state index in [0.717, 1.165) is 37.1 Å². The Morgan fingerprint density at radius 2 is 1.73 bits per heavy atom. The minimum absolute atomic E-state index is 0.0235. The Kier molecular flexibility index (Phi) is 5.43. The summed E-state index contributed by atoms with van der Waals surface area (Å²) >= 11 is 0. The molecule has 1 saturated heterocycles. The molecule has 0 radical (unpaired) electrons. The first-order valence-electron chi connectivity index (χ1n) is 11.1. The number of hydrogen-bond donors (Lipinski definition) is 0. The van der Waals surface area contributed by atoms with E-state index in [0.29, 0.717) is 24.3 Å². The molecule has 0 atom stereocenters. The fraction of sp³-hybridized carbons (Fsp3) is 0.259. The molecule has 2 aliphatic heterocycles. The largest absolute Gasteiger partial charge is 0.307 e. The lowest BCUT2D eigenvalue weighted by molar-refractivity contribution is 0.0971. The predicted octanol–water partition coefficient (Wildman–Crippen LogP) is 5.03. The van der Waals surface area contributed by atoms with E-state index in [9.17, 15) is 18.8 Å². The van der Waals surface area contributed by atoms with Crippen LogP contribution in [0, 0.1) is 23.0 Å². The van der Waals surface area contributed by atoms with Crippen molar-refractivity contribution < 1.29 is 13.6 Å². The van der Waals surface area contributed by atoms with Gasteiger partial charge in [-0.25, -0.2) is 8.78 Å². The van der Waals surface area contributed by atoms with Gasteiger partial charge in [0.25, 0.3) is 5.91 Å². The normalized spacial score (nSPS) is 17.1. The number of nitriles is 1. The van der Waals surface area contributed by atoms with Crippen molar-refractivity contribution in [2.24, 2.45) is 0 Å². The molecule has 33 heavy (non-hydrogen) atoms. The molecular weight excluding hydrogens is 420 g/mol. The summed E-state index contributed by atoms with van der Waals surface area (Å²) < 4.78 is 28.6. The summed E-state index contributed by atoms with van der Waals surface area (Å²) in [6.45, 7) is 2.60. The standard InChI is InChI=1S/C27H23F2N3O/c28-21-9-10-25-23(15-21)27(18-32(25)26(33)22-7-3-4-8-24(22)29)11-13-31(14-12-27)17-20-6-2-1-5-19(20)16-30/h1-10,15H,11-14,17-18H2. The number of amides is 1. The zero-order chi connectivity index (χ0) is 23.0. The van der Waals surface area contributed by atoms with Gasteiger partial charge in [-0.3, -0.25) is 9.69 Å². The third-order valence-electron chi connectivity index (χ3n) is 6.98. The molecule has 0 bridgehead atoms. The molecule has 6 heteroatoms. The number of benzene rings is 3. The smallest absolute Gasteiger partial charge is 0.261 e. The Balaban J connectivity index is 1.40. The lowest BCUT2D eigenvalue weighted by atomic mass is 9.74. The molecule has 0 aromatic heterocycles. The molecule has 0 N–H and O–H groups in total. The van der Waals surface area contributed by atoms with E-state index in [-0.39, 0.29) is 16.8 Å². The average Bonchev–Trinajstić information content (AvgIpc) is 3.14. The van der Waals surface area contributed by atoms with E-state index in [4.69, 9.17) is 0 Å². The van der Waals surface area contributed by atoms with Crippen molar-refractivity contribution in [1.82, 2.24) is 4.90 Å². The summed E-state index contributed by atoms with van der Waals surface area (Å²) in [5.41, 5.74) is 2.80. The molecule has 3 aromatic rings. The molecule has 0 saturated carbocycles. The van der Waals surface area contributed by atoms with E-state index in [1.807, 2.05) is 24.3 Å². The van der Waals surface area contributed by atoms with Crippen LogP contribution in [0.15, 0.2) is 66.7 Å². The maximum absolute atomic E-state index is 14.4. The second-order valence-corrected chi connectivity index (χ2v) is 8.86. The van der Waals surface area contributed by atoms with Gasteiger partial charge in [0.15, 0.2) is 0 Å². The molecule has 4 nitrogen and oxygen atoms in total. The molecule has 1 fully saturated rings. The van der Waals surface area contributed by atoms with E-state index in [1.54, 1.807) is 23.1 Å². The summed E-state index contributed by atoms with van der Waals surface area (Å²) in [7, 11) is 0. The number of piperidine rings is 1. The van der Waals surface area contributed by atoms with Crippen LogP contribution in [0.4, 0.5) is 14.5 Å². The lowest BCUT2D eigenvalue weighted by Crippen LogP contribution is -2.46. The number of carbonyl (C=O) groups is 1. The Labute approximate surface area is 191 Å². The maximum atomic E-state index is 14.4. The molecule has 1 spiro atoms. The van der Waals surface area contributed by atoms with Gasteiger partial charge in [0, 0.05) is 24.2 Å². The number of likely N-dealkylation sites (tertiary alicyclic amines) is 1. The molecule has 5 rings (SSSR count). The maximum Gasteiger partial charge on any atom is 0.261 e. The van der Waals surface area contributed by atoms with Crippen LogP contribution in [0.25, 0.3) is 0 Å². The minimum Gasteiger partial charge on any atom is -0.307 e. The van der Waals surface area contributed by atoms with Gasteiger partial charge in [-0.2, -0.15) is 5.26 Å². The first-order chi connectivity index (χ1) is 16.0. The molecule has 3 aromatic carbocycles. The number of fused-ring (bicyclic) bond motifs is 2. The topological polar surface area (TPSA) is 47.3 Å². The number of halogens is 2. The third-order valence-corrected chi connectivity index (χ3v) is 6.98. The highest BCUT2D eigenvalue weighted by molar-refractivity contribution is 6.08. The van der Waals surface area contributed by atoms with E-state index in [1.165, 1.54) is 24.3 Å². The van der Waals surface area contributed by atoms with Crippen LogP contribution in [0.5, 0.6) is 0 Å². The summed E-state index contributed by atoms with van der Waals surface area (Å²) in [4.78, 5) is 17.2. The quantitative estimate of drug-likeness (QED) is 0.570. The minimum atomic E-state index is -0.557. The highest BCUT2D eigenvalue weighted by atomic mass is 19.1. The van der Waals surface area contributed by atoms with Gasteiger partial charge < -0.3 is 4.90 Å². The van der Waals surface area contributed by atoms with Gasteiger partial charge in [0.2, 0.25) is 0 Å². The van der Waals surface area contributed by atoms with Gasteiger partial charge in [-0.05, 0) is 73.5 Å². The fourth-order valence-electron chi connectivity index (χ4n) is 5.18.